The van der Waals surface area contributed by atoms with Crippen LogP contribution < -0.4 is 0 Å². The summed E-state index contributed by atoms with van der Waals surface area (Å²) in [6, 6.07) is 9.40. The number of hydrogen-bond donors (Lipinski definition) is 0. The van der Waals surface area contributed by atoms with E-state index in [2.05, 4.69) is 0 Å². The Morgan fingerprint density at radius 2 is 1.47 bits per heavy atom. The van der Waals surface area contributed by atoms with Crippen LogP contribution in [0, 0.1) is 23.7 Å². The smallest absolute Gasteiger partial charge is 0.275 e. The molecule has 0 unspecified atom stereocenters. The molecule has 6 nitrogen and oxygen atoms in total. The minimum Gasteiger partial charge on any atom is -0.292 e. The van der Waals surface area contributed by atoms with E-state index in [9.17, 15) is 19.2 Å². The molecule has 0 aromatic heterocycles. The molecule has 5 rings (SSSR count). The highest BCUT2D eigenvalue weighted by atomic mass is 35.5. The minimum atomic E-state index is -1.15. The van der Waals surface area contributed by atoms with Crippen LogP contribution in [0.1, 0.15) is 46.9 Å². The Morgan fingerprint density at radius 3 is 2.03 bits per heavy atom. The fourth-order valence-corrected chi connectivity index (χ4v) is 6.41. The fourth-order valence-electron chi connectivity index (χ4n) is 5.80. The van der Waals surface area contributed by atoms with Crippen LogP contribution in [-0.2, 0) is 9.59 Å². The van der Waals surface area contributed by atoms with Crippen molar-refractivity contribution in [3.05, 3.63) is 68.7 Å². The van der Waals surface area contributed by atoms with Gasteiger partial charge < -0.3 is 0 Å². The second kappa shape index (κ2) is 8.67. The van der Waals surface area contributed by atoms with Gasteiger partial charge in [-0.1, -0.05) is 34.8 Å². The number of carbonyl (C=O) groups excluding carboxylic acids is 4. The topological polar surface area (TPSA) is 74.8 Å². The fraction of sp³-hybridized carbons (Fsp3) is 0.360. The van der Waals surface area contributed by atoms with Crippen LogP contribution in [0.3, 0.4) is 0 Å². The van der Waals surface area contributed by atoms with Crippen LogP contribution in [0.25, 0.3) is 0 Å². The first-order valence-corrected chi connectivity index (χ1v) is 12.3. The highest BCUT2D eigenvalue weighted by Crippen LogP contribution is 2.56. The van der Waals surface area contributed by atoms with E-state index >= 15 is 0 Å². The van der Waals surface area contributed by atoms with Gasteiger partial charge in [0.05, 0.1) is 22.4 Å². The molecule has 2 aliphatic carbocycles. The van der Waals surface area contributed by atoms with E-state index in [1.165, 1.54) is 25.1 Å². The van der Waals surface area contributed by atoms with E-state index in [0.29, 0.717) is 15.6 Å². The average Bonchev–Trinajstić information content (AvgIpc) is 3.49. The number of hydrazine groups is 1. The van der Waals surface area contributed by atoms with E-state index < -0.39 is 41.4 Å². The molecule has 3 aliphatic rings. The first-order valence-electron chi connectivity index (χ1n) is 11.1. The summed E-state index contributed by atoms with van der Waals surface area (Å²) in [6.45, 7) is 1.50. The second-order valence-corrected chi connectivity index (χ2v) is 10.5. The van der Waals surface area contributed by atoms with Crippen molar-refractivity contribution in [1.82, 2.24) is 10.0 Å². The Kier molecular flexibility index (Phi) is 5.95. The van der Waals surface area contributed by atoms with Gasteiger partial charge in [-0.05, 0) is 80.5 Å². The molecule has 1 aliphatic heterocycles. The van der Waals surface area contributed by atoms with Crippen molar-refractivity contribution in [3.8, 4) is 0 Å². The van der Waals surface area contributed by atoms with E-state index in [1.54, 1.807) is 24.3 Å². The number of benzene rings is 2. The molecule has 1 heterocycles. The van der Waals surface area contributed by atoms with Crippen molar-refractivity contribution >= 4 is 58.3 Å². The van der Waals surface area contributed by atoms with Crippen molar-refractivity contribution in [1.29, 1.82) is 0 Å². The lowest BCUT2D eigenvalue weighted by atomic mass is 9.81. The summed E-state index contributed by atoms with van der Waals surface area (Å²) in [5.74, 6) is -2.61. The highest BCUT2D eigenvalue weighted by Gasteiger charge is 2.63. The molecular formula is C25H21Cl3N2O4. The van der Waals surface area contributed by atoms with Gasteiger partial charge in [0.25, 0.3) is 17.7 Å². The highest BCUT2D eigenvalue weighted by molar-refractivity contribution is 6.37. The average molecular weight is 520 g/mol. The Morgan fingerprint density at radius 1 is 0.912 bits per heavy atom. The number of carbonyl (C=O) groups is 4. The third kappa shape index (κ3) is 3.63. The van der Waals surface area contributed by atoms with Gasteiger partial charge in [0.2, 0.25) is 0 Å². The normalized spacial score (nSPS) is 26.1. The largest absolute Gasteiger partial charge is 0.292 e. The molecule has 0 N–H and O–H groups in total. The SMILES string of the molecule is C[C@H](C(=O)c1ccc(Cl)cc1)N(C(=O)c1ccc(Cl)cc1Cl)N1C(=O)[C@H]2[C@H]3CC[C@@H](C3)[C@@H]2C1=O. The summed E-state index contributed by atoms with van der Waals surface area (Å²) < 4.78 is 0. The zero-order valence-electron chi connectivity index (χ0n) is 18.2. The summed E-state index contributed by atoms with van der Waals surface area (Å²) in [7, 11) is 0. The third-order valence-corrected chi connectivity index (χ3v) is 8.16. The Labute approximate surface area is 211 Å². The van der Waals surface area contributed by atoms with Gasteiger partial charge in [-0.2, -0.15) is 5.01 Å². The van der Waals surface area contributed by atoms with E-state index in [0.717, 1.165) is 29.3 Å². The quantitative estimate of drug-likeness (QED) is 0.396. The predicted octanol–water partition coefficient (Wildman–Crippen LogP) is 5.31. The van der Waals surface area contributed by atoms with Gasteiger partial charge in [0.1, 0.15) is 6.04 Å². The number of Topliss-reactive ketones (excluding diaryl/α,β-unsaturated/α-hetero) is 1. The van der Waals surface area contributed by atoms with E-state index in [1.807, 2.05) is 0 Å². The van der Waals surface area contributed by atoms with Gasteiger partial charge in [0.15, 0.2) is 5.78 Å². The molecule has 0 radical (unpaired) electrons. The Balaban J connectivity index is 1.56. The van der Waals surface area contributed by atoms with Gasteiger partial charge in [-0.3, -0.25) is 19.2 Å². The summed E-state index contributed by atoms with van der Waals surface area (Å²) >= 11 is 18.2. The molecule has 0 spiro atoms. The molecule has 2 saturated carbocycles. The molecule has 3 amide bonds. The lowest BCUT2D eigenvalue weighted by Gasteiger charge is -2.35. The maximum absolute atomic E-state index is 13.8. The molecule has 9 heteroatoms. The van der Waals surface area contributed by atoms with E-state index in [-0.39, 0.29) is 22.4 Å². The molecule has 2 aromatic carbocycles. The molecule has 34 heavy (non-hydrogen) atoms. The number of hydrogen-bond acceptors (Lipinski definition) is 4. The van der Waals surface area contributed by atoms with Crippen molar-refractivity contribution < 1.29 is 19.2 Å². The Bertz CT molecular complexity index is 1190. The van der Waals surface area contributed by atoms with Crippen LogP contribution in [0.15, 0.2) is 42.5 Å². The van der Waals surface area contributed by atoms with Crippen LogP contribution in [-0.4, -0.2) is 39.6 Å². The van der Waals surface area contributed by atoms with Crippen molar-refractivity contribution in [3.63, 3.8) is 0 Å². The van der Waals surface area contributed by atoms with E-state index in [4.69, 9.17) is 34.8 Å². The molecule has 2 aromatic rings. The van der Waals surface area contributed by atoms with Gasteiger partial charge in [-0.25, -0.2) is 5.01 Å². The number of fused-ring (bicyclic) bond motifs is 5. The van der Waals surface area contributed by atoms with Crippen LogP contribution >= 0.6 is 34.8 Å². The van der Waals surface area contributed by atoms with Crippen LogP contribution in [0.4, 0.5) is 0 Å². The summed E-state index contributed by atoms with van der Waals surface area (Å²) in [5.41, 5.74) is 0.346. The summed E-state index contributed by atoms with van der Waals surface area (Å²) in [6.07, 6.45) is 2.65. The van der Waals surface area contributed by atoms with Crippen molar-refractivity contribution in [2.75, 3.05) is 0 Å². The molecule has 1 saturated heterocycles. The monoisotopic (exact) mass is 518 g/mol. The number of rotatable bonds is 5. The van der Waals surface area contributed by atoms with Gasteiger partial charge in [-0.15, -0.1) is 0 Å². The zero-order chi connectivity index (χ0) is 24.3. The molecule has 5 atom stereocenters. The molecule has 176 valence electrons. The predicted molar refractivity (Wildman–Crippen MR) is 128 cm³/mol. The maximum atomic E-state index is 13.8. The van der Waals surface area contributed by atoms with Gasteiger partial charge in [0, 0.05) is 15.6 Å². The van der Waals surface area contributed by atoms with Gasteiger partial charge >= 0.3 is 0 Å². The lowest BCUT2D eigenvalue weighted by molar-refractivity contribution is -0.157. The number of nitrogens with zero attached hydrogens (tertiary/aromatic N) is 2. The first-order chi connectivity index (χ1) is 16.2. The summed E-state index contributed by atoms with van der Waals surface area (Å²) in [4.78, 5) is 54.2. The number of amides is 3. The molecular weight excluding hydrogens is 499 g/mol. The first kappa shape index (κ1) is 23.3. The molecule has 2 bridgehead atoms. The summed E-state index contributed by atoms with van der Waals surface area (Å²) in [5, 5.41) is 2.74. The number of halogens is 3. The third-order valence-electron chi connectivity index (χ3n) is 7.36. The lowest BCUT2D eigenvalue weighted by Crippen LogP contribution is -2.57. The number of ketones is 1. The van der Waals surface area contributed by atoms with Crippen molar-refractivity contribution in [2.24, 2.45) is 23.7 Å². The maximum Gasteiger partial charge on any atom is 0.275 e. The van der Waals surface area contributed by atoms with Crippen LogP contribution in [0.2, 0.25) is 15.1 Å². The minimum absolute atomic E-state index is 0.0439. The second-order valence-electron chi connectivity index (χ2n) is 9.19. The zero-order valence-corrected chi connectivity index (χ0v) is 20.5. The Hall–Kier alpha value is -2.41. The van der Waals surface area contributed by atoms with Crippen LogP contribution in [0.5, 0.6) is 0 Å². The molecule has 3 fully saturated rings. The van der Waals surface area contributed by atoms with Crippen molar-refractivity contribution in [2.45, 2.75) is 32.2 Å². The standard InChI is InChI=1S/C25H21Cl3N2O4/c1-12(22(31)13-4-6-16(26)7-5-13)29(23(32)18-9-8-17(27)11-19(18)28)30-24(33)20-14-2-3-15(10-14)21(20)25(30)34/h4-9,11-12,14-15,20-21H,2-3,10H2,1H3/t12-,14+,15+,20+,21+/m1/s1. The number of imide groups is 1.